The summed E-state index contributed by atoms with van der Waals surface area (Å²) in [5, 5.41) is 14.2. The molecule has 5 nitrogen and oxygen atoms in total. The van der Waals surface area contributed by atoms with Crippen LogP contribution in [-0.4, -0.2) is 36.0 Å². The van der Waals surface area contributed by atoms with Crippen molar-refractivity contribution in [2.75, 3.05) is 25.5 Å². The number of nitro groups is 1. The van der Waals surface area contributed by atoms with Crippen molar-refractivity contribution in [1.29, 1.82) is 0 Å². The van der Waals surface area contributed by atoms with E-state index >= 15 is 0 Å². The molecule has 1 aliphatic rings. The van der Waals surface area contributed by atoms with Gasteiger partial charge in [-0.05, 0) is 54.6 Å². The van der Waals surface area contributed by atoms with Crippen LogP contribution in [0.25, 0.3) is 0 Å². The molecule has 0 saturated heterocycles. The van der Waals surface area contributed by atoms with Gasteiger partial charge in [0.05, 0.1) is 4.92 Å². The van der Waals surface area contributed by atoms with Crippen LogP contribution in [0.2, 0.25) is 0 Å². The van der Waals surface area contributed by atoms with E-state index in [1.807, 2.05) is 6.07 Å². The van der Waals surface area contributed by atoms with Crippen molar-refractivity contribution in [2.24, 2.45) is 0 Å². The first-order chi connectivity index (χ1) is 9.58. The molecular weight excluding hydrogens is 369 g/mol. The van der Waals surface area contributed by atoms with Crippen LogP contribution in [0.3, 0.4) is 0 Å². The molecule has 0 amide bonds. The average Bonchev–Trinajstić information content (AvgIpc) is 2.94. The van der Waals surface area contributed by atoms with Gasteiger partial charge in [-0.15, -0.1) is 0 Å². The Kier molecular flexibility index (Phi) is 5.59. The zero-order valence-corrected chi connectivity index (χ0v) is 13.8. The van der Waals surface area contributed by atoms with Crippen molar-refractivity contribution < 1.29 is 4.92 Å². The normalized spacial score (nSPS) is 15.8. The van der Waals surface area contributed by atoms with Crippen molar-refractivity contribution in [3.63, 3.8) is 0 Å². The first kappa shape index (κ1) is 15.5. The van der Waals surface area contributed by atoms with Crippen molar-refractivity contribution in [2.45, 2.75) is 31.7 Å². The van der Waals surface area contributed by atoms with E-state index in [0.717, 1.165) is 16.7 Å². The first-order valence-corrected chi connectivity index (χ1v) is 8.04. The van der Waals surface area contributed by atoms with Crippen molar-refractivity contribution in [3.05, 3.63) is 31.9 Å². The largest absolute Gasteiger partial charge is 0.378 e. The minimum absolute atomic E-state index is 0.153. The van der Waals surface area contributed by atoms with Gasteiger partial charge < -0.3 is 10.2 Å². The van der Waals surface area contributed by atoms with Crippen molar-refractivity contribution >= 4 is 34.0 Å². The Morgan fingerprint density at radius 3 is 2.80 bits per heavy atom. The lowest BCUT2D eigenvalue weighted by molar-refractivity contribution is -0.384. The second-order valence-electron chi connectivity index (χ2n) is 5.26. The Balaban J connectivity index is 1.89. The summed E-state index contributed by atoms with van der Waals surface area (Å²) in [6, 6.07) is 5.96. The number of nitro benzene ring substituents is 1. The summed E-state index contributed by atoms with van der Waals surface area (Å²) in [5.41, 5.74) is 0.760. The quantitative estimate of drug-likeness (QED) is 0.460. The zero-order valence-electron chi connectivity index (χ0n) is 11.6. The van der Waals surface area contributed by atoms with Gasteiger partial charge in [0.15, 0.2) is 0 Å². The summed E-state index contributed by atoms with van der Waals surface area (Å²) in [6.07, 6.45) is 5.20. The molecule has 6 heteroatoms. The van der Waals surface area contributed by atoms with Crippen LogP contribution >= 0.6 is 22.6 Å². The topological polar surface area (TPSA) is 58.4 Å². The summed E-state index contributed by atoms with van der Waals surface area (Å²) in [4.78, 5) is 13.1. The maximum Gasteiger partial charge on any atom is 0.293 e. The molecular formula is C14H20IN3O2. The highest BCUT2D eigenvalue weighted by atomic mass is 127. The molecule has 0 aromatic heterocycles. The highest BCUT2D eigenvalue weighted by molar-refractivity contribution is 14.1. The second kappa shape index (κ2) is 7.21. The second-order valence-corrected chi connectivity index (χ2v) is 6.51. The maximum atomic E-state index is 11.0. The number of anilines is 1. The molecule has 110 valence electrons. The van der Waals surface area contributed by atoms with Gasteiger partial charge in [0.25, 0.3) is 5.69 Å². The number of halogens is 1. The van der Waals surface area contributed by atoms with E-state index in [1.54, 1.807) is 12.1 Å². The molecule has 20 heavy (non-hydrogen) atoms. The van der Waals surface area contributed by atoms with E-state index in [9.17, 15) is 10.1 Å². The van der Waals surface area contributed by atoms with E-state index in [0.29, 0.717) is 11.7 Å². The average molecular weight is 389 g/mol. The molecule has 0 bridgehead atoms. The lowest BCUT2D eigenvalue weighted by atomic mass is 10.2. The molecule has 0 heterocycles. The number of benzene rings is 1. The lowest BCUT2D eigenvalue weighted by Gasteiger charge is -2.24. The molecule has 0 aliphatic heterocycles. The van der Waals surface area contributed by atoms with E-state index in [1.165, 1.54) is 25.7 Å². The van der Waals surface area contributed by atoms with Gasteiger partial charge in [0.1, 0.15) is 5.69 Å². The third kappa shape index (κ3) is 4.05. The third-order valence-corrected chi connectivity index (χ3v) is 4.56. The minimum Gasteiger partial charge on any atom is -0.378 e. The Bertz CT molecular complexity index is 475. The van der Waals surface area contributed by atoms with E-state index in [4.69, 9.17) is 0 Å². The summed E-state index contributed by atoms with van der Waals surface area (Å²) in [6.45, 7) is 1.64. The van der Waals surface area contributed by atoms with Crippen LogP contribution in [-0.2, 0) is 0 Å². The van der Waals surface area contributed by atoms with Crippen LogP contribution in [0.4, 0.5) is 11.4 Å². The Morgan fingerprint density at radius 1 is 1.45 bits per heavy atom. The van der Waals surface area contributed by atoms with Crippen molar-refractivity contribution in [1.82, 2.24) is 4.90 Å². The number of nitrogens with one attached hydrogen (secondary N) is 1. The number of nitrogens with zero attached hydrogens (tertiary/aromatic N) is 2. The molecule has 0 spiro atoms. The maximum absolute atomic E-state index is 11.0. The number of hydrogen-bond acceptors (Lipinski definition) is 4. The highest BCUT2D eigenvalue weighted by Crippen LogP contribution is 2.26. The fraction of sp³-hybridized carbons (Fsp3) is 0.571. The predicted molar refractivity (Wildman–Crippen MR) is 89.2 cm³/mol. The fourth-order valence-corrected chi connectivity index (χ4v) is 3.17. The predicted octanol–water partition coefficient (Wildman–Crippen LogP) is 3.49. The molecule has 1 saturated carbocycles. The number of rotatable bonds is 6. The Hall–Kier alpha value is -0.890. The Morgan fingerprint density at radius 2 is 2.15 bits per heavy atom. The van der Waals surface area contributed by atoms with E-state index in [-0.39, 0.29) is 10.6 Å². The van der Waals surface area contributed by atoms with Crippen LogP contribution in [0.1, 0.15) is 25.7 Å². The van der Waals surface area contributed by atoms with E-state index in [2.05, 4.69) is 39.9 Å². The molecule has 0 radical (unpaired) electrons. The Labute approximate surface area is 133 Å². The van der Waals surface area contributed by atoms with Crippen LogP contribution in [0.15, 0.2) is 18.2 Å². The van der Waals surface area contributed by atoms with Gasteiger partial charge in [0, 0.05) is 28.8 Å². The van der Waals surface area contributed by atoms with Gasteiger partial charge in [-0.3, -0.25) is 10.1 Å². The summed E-state index contributed by atoms with van der Waals surface area (Å²) in [5.74, 6) is 0. The summed E-state index contributed by atoms with van der Waals surface area (Å²) >= 11 is 2.09. The SMILES string of the molecule is CN(CCNc1ccc(I)cc1[N+](=O)[O-])C1CCCC1. The van der Waals surface area contributed by atoms with Crippen LogP contribution in [0, 0.1) is 13.7 Å². The summed E-state index contributed by atoms with van der Waals surface area (Å²) < 4.78 is 0.878. The summed E-state index contributed by atoms with van der Waals surface area (Å²) in [7, 11) is 2.14. The molecule has 1 aromatic carbocycles. The fourth-order valence-electron chi connectivity index (χ4n) is 2.70. The minimum atomic E-state index is -0.328. The van der Waals surface area contributed by atoms with Crippen LogP contribution < -0.4 is 5.32 Å². The number of likely N-dealkylation sites (N-methyl/N-ethyl adjacent to an activating group) is 1. The standard InChI is InChI=1S/C14H20IN3O2/c1-17(12-4-2-3-5-12)9-8-16-13-7-6-11(15)10-14(13)18(19)20/h6-7,10,12,16H,2-5,8-9H2,1H3. The van der Waals surface area contributed by atoms with Gasteiger partial charge in [-0.25, -0.2) is 0 Å². The van der Waals surface area contributed by atoms with Crippen molar-refractivity contribution in [3.8, 4) is 0 Å². The molecule has 0 atom stereocenters. The number of hydrogen-bond donors (Lipinski definition) is 1. The monoisotopic (exact) mass is 389 g/mol. The smallest absolute Gasteiger partial charge is 0.293 e. The first-order valence-electron chi connectivity index (χ1n) is 6.96. The van der Waals surface area contributed by atoms with E-state index < -0.39 is 0 Å². The molecule has 0 unspecified atom stereocenters. The third-order valence-electron chi connectivity index (χ3n) is 3.88. The van der Waals surface area contributed by atoms with Gasteiger partial charge in [-0.1, -0.05) is 12.8 Å². The molecule has 1 fully saturated rings. The van der Waals surface area contributed by atoms with Gasteiger partial charge >= 0.3 is 0 Å². The molecule has 1 aliphatic carbocycles. The van der Waals surface area contributed by atoms with Gasteiger partial charge in [-0.2, -0.15) is 0 Å². The molecule has 2 rings (SSSR count). The lowest BCUT2D eigenvalue weighted by Crippen LogP contribution is -2.33. The molecule has 1 aromatic rings. The van der Waals surface area contributed by atoms with Crippen LogP contribution in [0.5, 0.6) is 0 Å². The molecule has 1 N–H and O–H groups in total. The zero-order chi connectivity index (χ0) is 14.5. The van der Waals surface area contributed by atoms with Gasteiger partial charge in [0.2, 0.25) is 0 Å². The highest BCUT2D eigenvalue weighted by Gasteiger charge is 2.19.